The van der Waals surface area contributed by atoms with Crippen molar-refractivity contribution in [3.8, 4) is 0 Å². The number of methoxy groups -OCH3 is 4. The normalized spacial score (nSPS) is 43.4. The third kappa shape index (κ3) is 25.3. The molecule has 12 unspecified atom stereocenters. The maximum absolute atomic E-state index is 13.7. The first-order valence-electron chi connectivity index (χ1n) is 61.2. The van der Waals surface area contributed by atoms with E-state index >= 15 is 0 Å². The predicted octanol–water partition coefficient (Wildman–Crippen LogP) is 35.2. The maximum atomic E-state index is 13.7. The molecule has 14 fully saturated rings. The largest absolute Gasteiger partial charge is 0.187 e. The monoisotopic (exact) mass is 2300 g/mol. The van der Waals surface area contributed by atoms with Crippen molar-refractivity contribution < 1.29 is 60.7 Å². The van der Waals surface area contributed by atoms with E-state index in [2.05, 4.69) is 202 Å². The number of rotatable bonds is 17. The minimum atomic E-state index is -1.21. The molecule has 0 aromatic rings. The number of allylic oxidation sites excluding steroid dienone is 13. The molecule has 0 amide bonds. The van der Waals surface area contributed by atoms with Gasteiger partial charge in [0, 0.05) is 36.5 Å². The topological polar surface area (TPSA) is 142 Å². The van der Waals surface area contributed by atoms with E-state index in [1.807, 2.05) is 53.1 Å². The van der Waals surface area contributed by atoms with Crippen LogP contribution in [0.15, 0.2) is 81.5 Å². The summed E-state index contributed by atoms with van der Waals surface area (Å²) in [6.45, 7) is 55.2. The van der Waals surface area contributed by atoms with Crippen molar-refractivity contribution in [2.75, 3.05) is 41.8 Å². The SMILES string of the molecule is C/C=C1/CCC2C3CC[C@@H]4C[C@H](C)CC[C@]4(C)C3=CC[C@]12C.COC(=O)CC[C@@H](C)C1=CCC2C3CC[C@@H]4C[C@H](C)CC[C@]4(C)C3=CC[C@]12C.COC(=O)CC[C@@H](C)[C@H]1CCC2C3CC[C@@H]4C[C@H](C)CC[C@]4(C)C3=CC(=O)[C@@]21C.COC(=O)CC[C@@H](C)[C@H]1CCC2C3CC[C@@H]4C[C@H](C)CC[C@]4(C)C3=CC(O)[C@@]21C.COC(=O)CC[C@@H](C)[C@H]1CCC2C3CC[C@@H]4C[C@H](C)CC[C@]4(C)C3=CC[C@@]21C.CPC.C[CH2][Al]([Cl])[Cl].[3H][Cu][I].[B]P. The van der Waals surface area contributed by atoms with E-state index in [4.69, 9.17) is 40.0 Å². The molecule has 841 valence electrons. The van der Waals surface area contributed by atoms with Crippen molar-refractivity contribution in [1.82, 2.24) is 0 Å². The van der Waals surface area contributed by atoms with Crippen LogP contribution in [0.25, 0.3) is 0 Å². The molecule has 20 rings (SSSR count). The van der Waals surface area contributed by atoms with E-state index < -0.39 is 12.3 Å². The van der Waals surface area contributed by atoms with E-state index in [1.165, 1.54) is 265 Å². The van der Waals surface area contributed by atoms with Gasteiger partial charge in [-0.1, -0.05) is 219 Å². The number of fused-ring (bicyclic) bond motifs is 25. The molecule has 1 N–H and O–H groups in total. The quantitative estimate of drug-likeness (QED) is 0.0373. The Morgan fingerprint density at radius 1 is 0.466 bits per heavy atom. The van der Waals surface area contributed by atoms with Crippen LogP contribution < -0.4 is 0 Å². The number of ketones is 1. The molecule has 20 aliphatic carbocycles. The fourth-order valence-corrected chi connectivity index (χ4v) is 39.6. The summed E-state index contributed by atoms with van der Waals surface area (Å²) in [6.07, 6.45) is 73.2. The standard InChI is InChI=1S/C26H42O3.C26H40O3.C26H42O2.C26H40O2.C22H34.C2H7P.C2H5.Al.BH2P.2ClH.Cu.HI.H/c2*1-16-12-13-25(3)18(14-16)7-8-19-21-10-9-20(17(2)6-11-24(28)29-5)26(21,4)23(27)15-22(19)25;2*1-17-12-14-25(3)19(16-17)7-8-20-22-10-9-21(18(2)6-11-24(27)28-5)26(22,4)15-13-23(20)25;1-5-16-7-9-19-18-8-6-17-14-15(2)10-12-22(17,4)20(18)11-13-21(16,19)3;1-3-2;1-2;;1-2;;;;;/h15-21,23,27H,6-14H2,1-5H3;15-21H,6-14H2,1-5H3;13,17-22H,6-12,14-16H2,1-5H3;9,13,17-20,22H,6-8,10-12,14-16H2,1-5H3;5,11,15,17-19H,6-10,12-14H2,1-4H3;3H,1-2H3;1H2,2H3;;2H2;2*1H;;1H;/q;;;;;;;+2;;;;+1;;/p-3/b;;;;16-5-;;;;;;;;;/t16-,17-,18-,19?,20-,21?,23?,25+,26-;16-,17-,18-,19?,20-,21?,25+,26-;17-,18-,19-,20?,21-,22?,25+,26-;17-,18-,19-,20?,22?,25+,26-;15-,17-,18?,19?,21-,22+;;;;;;;;;/m11111........./s1/i;;;;;;;;;;;;;1+2. The third-order valence-corrected chi connectivity index (χ3v) is 51.0. The summed E-state index contributed by atoms with van der Waals surface area (Å²) in [4.78, 5) is 60.2. The van der Waals surface area contributed by atoms with Crippen molar-refractivity contribution in [2.45, 2.75) is 446 Å². The van der Waals surface area contributed by atoms with Crippen LogP contribution in [0, 0.1) is 214 Å². The van der Waals surface area contributed by atoms with Crippen LogP contribution in [-0.2, 0) is 55.5 Å². The second kappa shape index (κ2) is 53.3. The summed E-state index contributed by atoms with van der Waals surface area (Å²) in [6, 6.07) is 0. The molecule has 0 aliphatic heterocycles. The van der Waals surface area contributed by atoms with Crippen LogP contribution in [0.5, 0.6) is 0 Å². The van der Waals surface area contributed by atoms with Gasteiger partial charge < -0.3 is 24.1 Å². The molecule has 39 atom stereocenters. The van der Waals surface area contributed by atoms with Gasteiger partial charge in [0.2, 0.25) is 0 Å². The van der Waals surface area contributed by atoms with Gasteiger partial charge in [-0.05, 0) is 493 Å². The molecule has 20 aliphatic rings. The molecule has 0 spiro atoms. The van der Waals surface area contributed by atoms with Gasteiger partial charge in [-0.25, -0.2) is 20.1 Å². The fraction of sp³-hybridized carbons (Fsp3) is 0.854. The van der Waals surface area contributed by atoms with Crippen LogP contribution in [-0.4, -0.2) is 103 Å². The zero-order valence-corrected chi connectivity index (χ0v) is 106. The number of ether oxygens (including phenoxy) is 4. The number of carbonyl (C=O) groups excluding carboxylic acids is 5. The van der Waals surface area contributed by atoms with Crippen molar-refractivity contribution in [1.29, 1.82) is 0.954 Å². The zero-order chi connectivity index (χ0) is 109. The van der Waals surface area contributed by atoms with E-state index in [1.54, 1.807) is 16.7 Å². The molecular weight excluding hydrogens is 2080 g/mol. The Labute approximate surface area is 944 Å². The molecule has 148 heavy (non-hydrogen) atoms. The minimum absolute atomic E-state index is 0.0462. The molecule has 10 nitrogen and oxygen atoms in total. The number of esters is 4. The van der Waals surface area contributed by atoms with Gasteiger partial charge in [-0.15, -0.1) is 8.58 Å². The average Bonchev–Trinajstić information content (AvgIpc) is 1.57. The third-order valence-electron chi connectivity index (χ3n) is 48.5. The van der Waals surface area contributed by atoms with Crippen molar-refractivity contribution in [3.63, 3.8) is 0 Å². The average molecular weight is 2300 g/mol. The smallest absolute Gasteiger partial charge is 0.0996 e. The second-order valence-electron chi connectivity index (χ2n) is 55.9. The minimum Gasteiger partial charge on any atom is -0.187 e. The molecule has 0 saturated heterocycles. The molecule has 2 radical (unpaired) electrons. The Hall–Kier alpha value is -1.02. The Balaban J connectivity index is 0.000000161. The Morgan fingerprint density at radius 3 is 1.21 bits per heavy atom. The first-order chi connectivity index (χ1) is 70.6. The second-order valence-corrected chi connectivity index (χ2v) is 62.4. The van der Waals surface area contributed by atoms with E-state index in [0.717, 1.165) is 159 Å². The van der Waals surface area contributed by atoms with Gasteiger partial charge in [0.05, 0.1) is 42.1 Å². The van der Waals surface area contributed by atoms with Crippen LogP contribution in [0.4, 0.5) is 0 Å². The zero-order valence-electron chi connectivity index (χ0n) is 99.5. The predicted molar refractivity (Wildman–Crippen MR) is 634 cm³/mol. The molecule has 0 heterocycles. The number of halogens is 3. The number of aliphatic hydroxyl groups is 1. The molecule has 14 saturated carbocycles. The van der Waals surface area contributed by atoms with Gasteiger partial charge in [0.15, 0.2) is 5.78 Å². The first kappa shape index (κ1) is 124. The number of hydrogen-bond donors (Lipinski definition) is 1. The first-order valence-corrected chi connectivity index (χ1v) is 70.9. The van der Waals surface area contributed by atoms with E-state index in [9.17, 15) is 29.1 Å². The Bertz CT molecular complexity index is 4670. The molecule has 0 aromatic heterocycles. The summed E-state index contributed by atoms with van der Waals surface area (Å²) in [5, 5.41) is 12.5. The van der Waals surface area contributed by atoms with Gasteiger partial charge in [-0.2, -0.15) is 9.12 Å². The Kier molecular flexibility index (Phi) is 44.6. The summed E-state index contributed by atoms with van der Waals surface area (Å²) >= 11 is 1.69. The Morgan fingerprint density at radius 2 is 0.797 bits per heavy atom. The fourth-order valence-electron chi connectivity index (χ4n) is 39.6. The molecule has 18 heteroatoms. The van der Waals surface area contributed by atoms with Crippen LogP contribution in [0.1, 0.15) is 434 Å². The van der Waals surface area contributed by atoms with Crippen molar-refractivity contribution in [2.24, 2.45) is 214 Å². The number of hydrogen-bond acceptors (Lipinski definition) is 10. The summed E-state index contributed by atoms with van der Waals surface area (Å²) in [5.74, 6) is 20.0. The van der Waals surface area contributed by atoms with Gasteiger partial charge in [0.1, 0.15) is 0 Å². The van der Waals surface area contributed by atoms with E-state index in [-0.39, 0.29) is 46.2 Å². The van der Waals surface area contributed by atoms with E-state index in [0.29, 0.717) is 129 Å². The molecule has 0 bridgehead atoms. The van der Waals surface area contributed by atoms with Gasteiger partial charge in [-0.3, -0.25) is 24.0 Å². The van der Waals surface area contributed by atoms with Crippen molar-refractivity contribution >= 4 is 108 Å². The molecular formula is C130H213AlBCl2CuIO10P2. The summed E-state index contributed by atoms with van der Waals surface area (Å²) < 4.78 is 25.6. The summed E-state index contributed by atoms with van der Waals surface area (Å²) in [7, 11) is 24.1. The van der Waals surface area contributed by atoms with Crippen LogP contribution >= 0.6 is 58.1 Å². The number of aliphatic hydroxyl groups excluding tert-OH is 1. The summed E-state index contributed by atoms with van der Waals surface area (Å²) in [5.41, 5.74) is 15.2. The number of carbonyl (C=O) groups is 5. The van der Waals surface area contributed by atoms with Crippen LogP contribution in [0.3, 0.4) is 0 Å². The maximum Gasteiger partial charge on any atom is 0.0996 e. The van der Waals surface area contributed by atoms with Crippen LogP contribution in [0.2, 0.25) is 5.28 Å². The molecule has 0 aromatic carbocycles. The van der Waals surface area contributed by atoms with Gasteiger partial charge in [0.25, 0.3) is 0 Å². The van der Waals surface area contributed by atoms with Gasteiger partial charge >= 0.3 is 70.1 Å². The van der Waals surface area contributed by atoms with Crippen molar-refractivity contribution in [3.05, 3.63) is 81.5 Å².